The number of hydrogen-bond acceptors (Lipinski definition) is 4. The molecule has 2 aromatic heterocycles. The van der Waals surface area contributed by atoms with E-state index in [1.807, 2.05) is 51.1 Å². The van der Waals surface area contributed by atoms with Gasteiger partial charge in [0.25, 0.3) is 0 Å². The van der Waals surface area contributed by atoms with E-state index in [0.29, 0.717) is 12.3 Å². The number of benzene rings is 1. The summed E-state index contributed by atoms with van der Waals surface area (Å²) in [6, 6.07) is 9.20. The number of nitrogens with one attached hydrogen (secondary N) is 2. The Balaban J connectivity index is 1.61. The van der Waals surface area contributed by atoms with E-state index >= 15 is 0 Å². The van der Waals surface area contributed by atoms with Crippen molar-refractivity contribution in [3.63, 3.8) is 0 Å². The van der Waals surface area contributed by atoms with E-state index in [4.69, 9.17) is 8.94 Å². The van der Waals surface area contributed by atoms with Crippen LogP contribution in [0.15, 0.2) is 39.3 Å². The number of aryl methyl sites for hydroxylation is 2. The Morgan fingerprint density at radius 1 is 1.30 bits per heavy atom. The molecule has 2 heterocycles. The van der Waals surface area contributed by atoms with E-state index in [2.05, 4.69) is 15.8 Å². The summed E-state index contributed by atoms with van der Waals surface area (Å²) >= 11 is 0. The van der Waals surface area contributed by atoms with Crippen LogP contribution in [0.2, 0.25) is 0 Å². The number of aromatic nitrogens is 1. The number of rotatable bonds is 4. The van der Waals surface area contributed by atoms with Crippen LogP contribution in [0.5, 0.6) is 0 Å². The monoisotopic (exact) mass is 313 g/mol. The summed E-state index contributed by atoms with van der Waals surface area (Å²) in [5.41, 5.74) is 2.50. The lowest BCUT2D eigenvalue weighted by Gasteiger charge is -2.12. The van der Waals surface area contributed by atoms with E-state index in [9.17, 15) is 4.79 Å². The third-order valence-electron chi connectivity index (χ3n) is 3.83. The van der Waals surface area contributed by atoms with E-state index in [0.717, 1.165) is 28.0 Å². The minimum Gasteiger partial charge on any atom is -0.459 e. The first-order chi connectivity index (χ1) is 11.0. The van der Waals surface area contributed by atoms with Crippen molar-refractivity contribution in [3.05, 3.63) is 53.1 Å². The van der Waals surface area contributed by atoms with Crippen molar-refractivity contribution in [2.75, 3.05) is 0 Å². The van der Waals surface area contributed by atoms with Gasteiger partial charge in [-0.15, -0.1) is 0 Å². The van der Waals surface area contributed by atoms with Crippen molar-refractivity contribution in [3.8, 4) is 0 Å². The van der Waals surface area contributed by atoms with Gasteiger partial charge in [-0.25, -0.2) is 4.79 Å². The van der Waals surface area contributed by atoms with Gasteiger partial charge in [0.1, 0.15) is 17.1 Å². The highest BCUT2D eigenvalue weighted by Crippen LogP contribution is 2.23. The smallest absolute Gasteiger partial charge is 0.315 e. The minimum atomic E-state index is -0.266. The molecule has 1 aromatic carbocycles. The second kappa shape index (κ2) is 6.16. The molecule has 0 saturated carbocycles. The summed E-state index contributed by atoms with van der Waals surface area (Å²) in [6.45, 7) is 5.93. The molecular formula is C17H19N3O3. The van der Waals surface area contributed by atoms with Crippen LogP contribution in [0.3, 0.4) is 0 Å². The molecule has 0 aliphatic carbocycles. The predicted molar refractivity (Wildman–Crippen MR) is 86.0 cm³/mol. The quantitative estimate of drug-likeness (QED) is 0.771. The Kier molecular flexibility index (Phi) is 4.06. The molecule has 120 valence electrons. The van der Waals surface area contributed by atoms with Gasteiger partial charge in [-0.05, 0) is 32.9 Å². The Labute approximate surface area is 133 Å². The number of hydrogen-bond donors (Lipinski definition) is 2. The molecule has 0 aliphatic rings. The largest absolute Gasteiger partial charge is 0.459 e. The van der Waals surface area contributed by atoms with Gasteiger partial charge in [-0.2, -0.15) is 0 Å². The Bertz CT molecular complexity index is 782. The van der Waals surface area contributed by atoms with Gasteiger partial charge in [0.15, 0.2) is 0 Å². The molecule has 0 unspecified atom stereocenters. The van der Waals surface area contributed by atoms with Crippen LogP contribution in [-0.2, 0) is 6.54 Å². The topological polar surface area (TPSA) is 80.3 Å². The van der Waals surface area contributed by atoms with Gasteiger partial charge in [0.05, 0.1) is 11.7 Å². The van der Waals surface area contributed by atoms with Crippen molar-refractivity contribution in [1.29, 1.82) is 0 Å². The lowest BCUT2D eigenvalue weighted by atomic mass is 10.2. The van der Waals surface area contributed by atoms with Gasteiger partial charge in [-0.1, -0.05) is 23.4 Å². The number of amides is 2. The number of fused-ring (bicyclic) bond motifs is 1. The van der Waals surface area contributed by atoms with Gasteiger partial charge in [0.2, 0.25) is 0 Å². The molecule has 6 nitrogen and oxygen atoms in total. The minimum absolute atomic E-state index is 0.230. The summed E-state index contributed by atoms with van der Waals surface area (Å²) in [5.74, 6) is 1.44. The first-order valence-corrected chi connectivity index (χ1v) is 7.49. The van der Waals surface area contributed by atoms with Crippen molar-refractivity contribution in [2.24, 2.45) is 0 Å². The number of furan rings is 1. The zero-order chi connectivity index (χ0) is 16.4. The highest BCUT2D eigenvalue weighted by Gasteiger charge is 2.15. The van der Waals surface area contributed by atoms with Gasteiger partial charge in [0, 0.05) is 17.5 Å². The molecule has 0 bridgehead atoms. The lowest BCUT2D eigenvalue weighted by molar-refractivity contribution is 0.236. The first-order valence-electron chi connectivity index (χ1n) is 7.49. The second-order valence-corrected chi connectivity index (χ2v) is 5.54. The fraction of sp³-hybridized carbons (Fsp3) is 0.294. The zero-order valence-corrected chi connectivity index (χ0v) is 13.3. The molecule has 3 rings (SSSR count). The number of carbonyl (C=O) groups excluding carboxylic acids is 1. The van der Waals surface area contributed by atoms with E-state index in [-0.39, 0.29) is 12.1 Å². The molecule has 3 aromatic rings. The Morgan fingerprint density at radius 2 is 2.09 bits per heavy atom. The van der Waals surface area contributed by atoms with Crippen molar-refractivity contribution < 1.29 is 13.7 Å². The standard InChI is InChI=1S/C17H19N3O3/c1-10-14(12(3)23-20-10)9-18-17(21)19-11(2)16-8-13-6-4-5-7-15(13)22-16/h4-8,11H,9H2,1-3H3,(H2,18,19,21)/t11-/m0/s1. The maximum Gasteiger partial charge on any atom is 0.315 e. The van der Waals surface area contributed by atoms with Crippen LogP contribution in [0.4, 0.5) is 4.79 Å². The third kappa shape index (κ3) is 3.21. The SMILES string of the molecule is Cc1noc(C)c1CNC(=O)N[C@@H](C)c1cc2ccccc2o1. The molecule has 2 amide bonds. The number of urea groups is 1. The maximum absolute atomic E-state index is 12.0. The normalized spacial score (nSPS) is 12.3. The first kappa shape index (κ1) is 15.1. The number of carbonyl (C=O) groups is 1. The lowest BCUT2D eigenvalue weighted by Crippen LogP contribution is -2.36. The van der Waals surface area contributed by atoms with Gasteiger partial charge < -0.3 is 19.6 Å². The van der Waals surface area contributed by atoms with Crippen molar-refractivity contribution in [1.82, 2.24) is 15.8 Å². The van der Waals surface area contributed by atoms with Crippen molar-refractivity contribution >= 4 is 17.0 Å². The molecule has 23 heavy (non-hydrogen) atoms. The molecule has 0 saturated heterocycles. The summed E-state index contributed by atoms with van der Waals surface area (Å²) in [7, 11) is 0. The van der Waals surface area contributed by atoms with Crippen LogP contribution in [0.25, 0.3) is 11.0 Å². The van der Waals surface area contributed by atoms with Gasteiger partial charge >= 0.3 is 6.03 Å². The molecule has 6 heteroatoms. The molecule has 0 fully saturated rings. The Hall–Kier alpha value is -2.76. The third-order valence-corrected chi connectivity index (χ3v) is 3.83. The fourth-order valence-corrected chi connectivity index (χ4v) is 2.46. The summed E-state index contributed by atoms with van der Waals surface area (Å²) < 4.78 is 10.8. The highest BCUT2D eigenvalue weighted by atomic mass is 16.5. The Morgan fingerprint density at radius 3 is 2.78 bits per heavy atom. The highest BCUT2D eigenvalue weighted by molar-refractivity contribution is 5.78. The van der Waals surface area contributed by atoms with E-state index in [1.54, 1.807) is 0 Å². The van der Waals surface area contributed by atoms with Gasteiger partial charge in [-0.3, -0.25) is 0 Å². The molecule has 2 N–H and O–H groups in total. The summed E-state index contributed by atoms with van der Waals surface area (Å²) in [6.07, 6.45) is 0. The molecular weight excluding hydrogens is 294 g/mol. The zero-order valence-electron chi connectivity index (χ0n) is 13.3. The molecule has 1 atom stereocenters. The average Bonchev–Trinajstić information content (AvgIpc) is 3.09. The average molecular weight is 313 g/mol. The number of nitrogens with zero attached hydrogens (tertiary/aromatic N) is 1. The van der Waals surface area contributed by atoms with Crippen LogP contribution in [0, 0.1) is 13.8 Å². The van der Waals surface area contributed by atoms with Crippen molar-refractivity contribution in [2.45, 2.75) is 33.4 Å². The van der Waals surface area contributed by atoms with E-state index < -0.39 is 0 Å². The summed E-state index contributed by atoms with van der Waals surface area (Å²) in [4.78, 5) is 12.0. The van der Waals surface area contributed by atoms with E-state index in [1.165, 1.54) is 0 Å². The summed E-state index contributed by atoms with van der Waals surface area (Å²) in [5, 5.41) is 10.6. The number of para-hydroxylation sites is 1. The van der Waals surface area contributed by atoms with Crippen LogP contribution < -0.4 is 10.6 Å². The van der Waals surface area contributed by atoms with Crippen LogP contribution in [-0.4, -0.2) is 11.2 Å². The molecule has 0 aliphatic heterocycles. The van der Waals surface area contributed by atoms with Crippen LogP contribution in [0.1, 0.15) is 35.7 Å². The maximum atomic E-state index is 12.0. The molecule has 0 radical (unpaired) electrons. The predicted octanol–water partition coefficient (Wildman–Crippen LogP) is 3.60. The second-order valence-electron chi connectivity index (χ2n) is 5.54. The van der Waals surface area contributed by atoms with Crippen LogP contribution >= 0.6 is 0 Å². The molecule has 0 spiro atoms. The fourth-order valence-electron chi connectivity index (χ4n) is 2.46.